The fourth-order valence-electron chi connectivity index (χ4n) is 2.37. The third kappa shape index (κ3) is 3.25. The number of carbonyl (C=O) groups excluding carboxylic acids is 1. The van der Waals surface area contributed by atoms with Crippen LogP contribution < -0.4 is 10.2 Å². The number of benzene rings is 1. The SMILES string of the molecule is CCCCNC(=O)CCN1CCc2ccccc21. The highest BCUT2D eigenvalue weighted by Crippen LogP contribution is 2.27. The molecule has 2 rings (SSSR count). The predicted octanol–water partition coefficient (Wildman–Crippen LogP) is 2.36. The van der Waals surface area contributed by atoms with Crippen LogP contribution in [0.4, 0.5) is 5.69 Å². The molecule has 1 N–H and O–H groups in total. The number of unbranched alkanes of at least 4 members (excludes halogenated alkanes) is 1. The Bertz CT molecular complexity index is 403. The van der Waals surface area contributed by atoms with Gasteiger partial charge in [-0.25, -0.2) is 0 Å². The molecular weight excluding hydrogens is 224 g/mol. The first-order valence-corrected chi connectivity index (χ1v) is 6.91. The Morgan fingerprint density at radius 3 is 3.06 bits per heavy atom. The maximum atomic E-state index is 11.6. The minimum Gasteiger partial charge on any atom is -0.370 e. The molecule has 1 heterocycles. The number of fused-ring (bicyclic) bond motifs is 1. The van der Waals surface area contributed by atoms with E-state index >= 15 is 0 Å². The van der Waals surface area contributed by atoms with E-state index in [-0.39, 0.29) is 5.91 Å². The lowest BCUT2D eigenvalue weighted by Gasteiger charge is -2.18. The number of hydrogen-bond donors (Lipinski definition) is 1. The Balaban J connectivity index is 1.77. The first kappa shape index (κ1) is 12.9. The van der Waals surface area contributed by atoms with Gasteiger partial charge in [0.05, 0.1) is 0 Å². The van der Waals surface area contributed by atoms with Crippen molar-refractivity contribution in [3.05, 3.63) is 29.8 Å². The summed E-state index contributed by atoms with van der Waals surface area (Å²) in [5.41, 5.74) is 2.71. The Morgan fingerprint density at radius 1 is 1.39 bits per heavy atom. The number of para-hydroxylation sites is 1. The van der Waals surface area contributed by atoms with E-state index in [1.54, 1.807) is 0 Å². The van der Waals surface area contributed by atoms with Crippen molar-refractivity contribution < 1.29 is 4.79 Å². The molecule has 0 unspecified atom stereocenters. The second kappa shape index (κ2) is 6.43. The molecule has 18 heavy (non-hydrogen) atoms. The third-order valence-electron chi connectivity index (χ3n) is 3.44. The quantitative estimate of drug-likeness (QED) is 0.781. The highest BCUT2D eigenvalue weighted by Gasteiger charge is 2.18. The van der Waals surface area contributed by atoms with Crippen LogP contribution in [0.5, 0.6) is 0 Å². The van der Waals surface area contributed by atoms with Gasteiger partial charge in [0, 0.05) is 31.7 Å². The molecule has 1 amide bonds. The predicted molar refractivity (Wildman–Crippen MR) is 74.9 cm³/mol. The minimum absolute atomic E-state index is 0.174. The molecule has 0 atom stereocenters. The lowest BCUT2D eigenvalue weighted by Crippen LogP contribution is -2.30. The van der Waals surface area contributed by atoms with Crippen LogP contribution in [0.15, 0.2) is 24.3 Å². The van der Waals surface area contributed by atoms with E-state index < -0.39 is 0 Å². The van der Waals surface area contributed by atoms with Crippen LogP contribution in [-0.4, -0.2) is 25.5 Å². The standard InChI is InChI=1S/C15H22N2O/c1-2-3-10-16-15(18)9-12-17-11-8-13-6-4-5-7-14(13)17/h4-7H,2-3,8-12H2,1H3,(H,16,18). The van der Waals surface area contributed by atoms with Crippen molar-refractivity contribution in [1.29, 1.82) is 0 Å². The van der Waals surface area contributed by atoms with E-state index in [0.717, 1.165) is 38.9 Å². The summed E-state index contributed by atoms with van der Waals surface area (Å²) in [5.74, 6) is 0.174. The highest BCUT2D eigenvalue weighted by molar-refractivity contribution is 5.76. The highest BCUT2D eigenvalue weighted by atomic mass is 16.1. The van der Waals surface area contributed by atoms with Crippen molar-refractivity contribution >= 4 is 11.6 Å². The van der Waals surface area contributed by atoms with E-state index in [4.69, 9.17) is 0 Å². The van der Waals surface area contributed by atoms with Gasteiger partial charge in [-0.2, -0.15) is 0 Å². The lowest BCUT2D eigenvalue weighted by molar-refractivity contribution is -0.120. The number of carbonyl (C=O) groups is 1. The summed E-state index contributed by atoms with van der Waals surface area (Å²) < 4.78 is 0. The van der Waals surface area contributed by atoms with Crippen molar-refractivity contribution in [1.82, 2.24) is 5.32 Å². The fourth-order valence-corrected chi connectivity index (χ4v) is 2.37. The van der Waals surface area contributed by atoms with Gasteiger partial charge < -0.3 is 10.2 Å². The normalized spacial score (nSPS) is 13.5. The molecule has 0 aliphatic carbocycles. The molecule has 1 aromatic carbocycles. The van der Waals surface area contributed by atoms with Crippen LogP contribution in [-0.2, 0) is 11.2 Å². The van der Waals surface area contributed by atoms with Gasteiger partial charge in [0.25, 0.3) is 0 Å². The Morgan fingerprint density at radius 2 is 2.22 bits per heavy atom. The van der Waals surface area contributed by atoms with Crippen LogP contribution in [0, 0.1) is 0 Å². The van der Waals surface area contributed by atoms with Crippen LogP contribution in [0.3, 0.4) is 0 Å². The molecule has 0 spiro atoms. The Kier molecular flexibility index (Phi) is 4.62. The van der Waals surface area contributed by atoms with E-state index in [9.17, 15) is 4.79 Å². The summed E-state index contributed by atoms with van der Waals surface area (Å²) in [7, 11) is 0. The summed E-state index contributed by atoms with van der Waals surface area (Å²) in [4.78, 5) is 14.0. The molecule has 1 aliphatic heterocycles. The molecule has 0 bridgehead atoms. The van der Waals surface area contributed by atoms with Gasteiger partial charge in [0.2, 0.25) is 5.91 Å². The number of rotatable bonds is 6. The van der Waals surface area contributed by atoms with Crippen LogP contribution >= 0.6 is 0 Å². The van der Waals surface area contributed by atoms with Gasteiger partial charge in [-0.15, -0.1) is 0 Å². The van der Waals surface area contributed by atoms with Crippen LogP contribution in [0.2, 0.25) is 0 Å². The molecule has 1 aromatic rings. The molecule has 0 radical (unpaired) electrons. The second-order valence-corrected chi connectivity index (χ2v) is 4.82. The Labute approximate surface area is 109 Å². The van der Waals surface area contributed by atoms with E-state index in [0.29, 0.717) is 6.42 Å². The zero-order valence-corrected chi connectivity index (χ0v) is 11.1. The summed E-state index contributed by atoms with van der Waals surface area (Å²) >= 11 is 0. The first-order chi connectivity index (χ1) is 8.81. The van der Waals surface area contributed by atoms with Crippen molar-refractivity contribution in [2.45, 2.75) is 32.6 Å². The van der Waals surface area contributed by atoms with Crippen molar-refractivity contribution in [2.75, 3.05) is 24.5 Å². The first-order valence-electron chi connectivity index (χ1n) is 6.91. The molecule has 0 aromatic heterocycles. The average molecular weight is 246 g/mol. The zero-order chi connectivity index (χ0) is 12.8. The molecule has 0 saturated carbocycles. The summed E-state index contributed by atoms with van der Waals surface area (Å²) in [6.07, 6.45) is 3.89. The number of hydrogen-bond acceptors (Lipinski definition) is 2. The van der Waals surface area contributed by atoms with Crippen molar-refractivity contribution in [3.63, 3.8) is 0 Å². The van der Waals surface area contributed by atoms with E-state index in [1.807, 2.05) is 0 Å². The van der Waals surface area contributed by atoms with Gasteiger partial charge in [-0.3, -0.25) is 4.79 Å². The third-order valence-corrected chi connectivity index (χ3v) is 3.44. The smallest absolute Gasteiger partial charge is 0.221 e. The maximum Gasteiger partial charge on any atom is 0.221 e. The van der Waals surface area contributed by atoms with E-state index in [2.05, 4.69) is 41.4 Å². The Hall–Kier alpha value is -1.51. The molecule has 1 aliphatic rings. The molecular formula is C15H22N2O. The largest absolute Gasteiger partial charge is 0.370 e. The zero-order valence-electron chi connectivity index (χ0n) is 11.1. The fraction of sp³-hybridized carbons (Fsp3) is 0.533. The van der Waals surface area contributed by atoms with Gasteiger partial charge in [0.1, 0.15) is 0 Å². The molecule has 0 fully saturated rings. The summed E-state index contributed by atoms with van der Waals surface area (Å²) in [6.45, 7) is 4.82. The summed E-state index contributed by atoms with van der Waals surface area (Å²) in [6, 6.07) is 8.48. The monoisotopic (exact) mass is 246 g/mol. The van der Waals surface area contributed by atoms with Gasteiger partial charge in [0.15, 0.2) is 0 Å². The van der Waals surface area contributed by atoms with Crippen LogP contribution in [0.25, 0.3) is 0 Å². The topological polar surface area (TPSA) is 32.3 Å². The maximum absolute atomic E-state index is 11.6. The molecule has 3 heteroatoms. The van der Waals surface area contributed by atoms with Gasteiger partial charge in [-0.05, 0) is 24.5 Å². The minimum atomic E-state index is 0.174. The number of anilines is 1. The average Bonchev–Trinajstić information content (AvgIpc) is 2.80. The van der Waals surface area contributed by atoms with Crippen molar-refractivity contribution in [3.8, 4) is 0 Å². The van der Waals surface area contributed by atoms with Gasteiger partial charge >= 0.3 is 0 Å². The molecule has 3 nitrogen and oxygen atoms in total. The van der Waals surface area contributed by atoms with E-state index in [1.165, 1.54) is 11.3 Å². The lowest BCUT2D eigenvalue weighted by atomic mass is 10.2. The van der Waals surface area contributed by atoms with Gasteiger partial charge in [-0.1, -0.05) is 31.5 Å². The van der Waals surface area contributed by atoms with Crippen LogP contribution in [0.1, 0.15) is 31.7 Å². The second-order valence-electron chi connectivity index (χ2n) is 4.82. The number of nitrogens with zero attached hydrogens (tertiary/aromatic N) is 1. The number of amides is 1. The number of nitrogens with one attached hydrogen (secondary N) is 1. The summed E-state index contributed by atoms with van der Waals surface area (Å²) in [5, 5.41) is 2.97. The molecule has 98 valence electrons. The molecule has 0 saturated heterocycles. The van der Waals surface area contributed by atoms with Crippen molar-refractivity contribution in [2.24, 2.45) is 0 Å².